The smallest absolute Gasteiger partial charge is 0.0802 e. The molecule has 5 heteroatoms. The van der Waals surface area contributed by atoms with Gasteiger partial charge < -0.3 is 19.9 Å². The van der Waals surface area contributed by atoms with E-state index in [1.165, 1.54) is 16.7 Å². The fraction of sp³-hybridized carbons (Fsp3) is 0.667. The first-order valence-electron chi connectivity index (χ1n) is 8.46. The molecule has 1 aromatic rings. The predicted octanol–water partition coefficient (Wildman–Crippen LogP) is 0.930. The molecule has 2 heterocycles. The highest BCUT2D eigenvalue weighted by atomic mass is 16.5. The topological polar surface area (TPSA) is 54.0 Å². The lowest BCUT2D eigenvalue weighted by Crippen LogP contribution is -2.65. The van der Waals surface area contributed by atoms with Crippen LogP contribution in [0.4, 0.5) is 0 Å². The Balaban J connectivity index is 1.64. The van der Waals surface area contributed by atoms with Gasteiger partial charge >= 0.3 is 0 Å². The average molecular weight is 320 g/mol. The summed E-state index contributed by atoms with van der Waals surface area (Å²) in [5, 5.41) is 13.5. The van der Waals surface area contributed by atoms with Gasteiger partial charge in [-0.2, -0.15) is 0 Å². The SMILES string of the molecule is C[C@@H]1COC[C@@](CO)(CNCc2cccc3c2COCC3)N1C. The number of aliphatic hydroxyl groups is 1. The molecule has 1 saturated heterocycles. The van der Waals surface area contributed by atoms with Gasteiger partial charge in [-0.15, -0.1) is 0 Å². The minimum atomic E-state index is -0.344. The van der Waals surface area contributed by atoms with E-state index in [2.05, 4.69) is 42.4 Å². The van der Waals surface area contributed by atoms with Crippen molar-refractivity contribution >= 4 is 0 Å². The molecule has 2 N–H and O–H groups in total. The van der Waals surface area contributed by atoms with Crippen LogP contribution in [0.15, 0.2) is 18.2 Å². The van der Waals surface area contributed by atoms with E-state index in [1.807, 2.05) is 0 Å². The van der Waals surface area contributed by atoms with Crippen molar-refractivity contribution in [1.82, 2.24) is 10.2 Å². The predicted molar refractivity (Wildman–Crippen MR) is 89.4 cm³/mol. The molecule has 0 bridgehead atoms. The second kappa shape index (κ2) is 7.28. The van der Waals surface area contributed by atoms with Gasteiger partial charge in [0.1, 0.15) is 0 Å². The molecule has 2 aliphatic heterocycles. The zero-order chi connectivity index (χ0) is 16.3. The van der Waals surface area contributed by atoms with E-state index in [0.29, 0.717) is 25.8 Å². The Labute approximate surface area is 138 Å². The number of rotatable bonds is 5. The van der Waals surface area contributed by atoms with Gasteiger partial charge in [-0.25, -0.2) is 0 Å². The summed E-state index contributed by atoms with van der Waals surface area (Å²) in [6.45, 7) is 6.53. The third-order valence-electron chi connectivity index (χ3n) is 5.34. The van der Waals surface area contributed by atoms with Crippen LogP contribution in [0.25, 0.3) is 0 Å². The van der Waals surface area contributed by atoms with Crippen LogP contribution >= 0.6 is 0 Å². The number of ether oxygens (including phenoxy) is 2. The van der Waals surface area contributed by atoms with Crippen molar-refractivity contribution in [1.29, 1.82) is 0 Å². The molecule has 0 spiro atoms. The van der Waals surface area contributed by atoms with Gasteiger partial charge in [-0.3, -0.25) is 4.90 Å². The summed E-state index contributed by atoms with van der Waals surface area (Å²) in [4.78, 5) is 2.24. The molecule has 0 radical (unpaired) electrons. The Kier molecular flexibility index (Phi) is 5.34. The van der Waals surface area contributed by atoms with E-state index in [1.54, 1.807) is 0 Å². The first-order valence-corrected chi connectivity index (χ1v) is 8.46. The van der Waals surface area contributed by atoms with Crippen LogP contribution in [0.5, 0.6) is 0 Å². The zero-order valence-electron chi connectivity index (χ0n) is 14.2. The summed E-state index contributed by atoms with van der Waals surface area (Å²) >= 11 is 0. The normalized spacial score (nSPS) is 28.6. The summed E-state index contributed by atoms with van der Waals surface area (Å²) in [5.41, 5.74) is 3.68. The van der Waals surface area contributed by atoms with Crippen LogP contribution in [-0.2, 0) is 29.0 Å². The lowest BCUT2D eigenvalue weighted by molar-refractivity contribution is -0.106. The van der Waals surface area contributed by atoms with Crippen molar-refractivity contribution in [2.24, 2.45) is 0 Å². The van der Waals surface area contributed by atoms with Crippen molar-refractivity contribution in [3.63, 3.8) is 0 Å². The quantitative estimate of drug-likeness (QED) is 0.845. The van der Waals surface area contributed by atoms with Gasteiger partial charge in [0.15, 0.2) is 0 Å². The van der Waals surface area contributed by atoms with Gasteiger partial charge in [0, 0.05) is 19.1 Å². The van der Waals surface area contributed by atoms with E-state index in [9.17, 15) is 5.11 Å². The molecule has 2 aliphatic rings. The minimum absolute atomic E-state index is 0.0941. The van der Waals surface area contributed by atoms with Gasteiger partial charge in [-0.05, 0) is 37.1 Å². The van der Waals surface area contributed by atoms with Crippen molar-refractivity contribution in [2.75, 3.05) is 40.0 Å². The fourth-order valence-electron chi connectivity index (χ4n) is 3.55. The van der Waals surface area contributed by atoms with Crippen LogP contribution in [0, 0.1) is 0 Å². The molecule has 0 saturated carbocycles. The van der Waals surface area contributed by atoms with Gasteiger partial charge in [0.2, 0.25) is 0 Å². The van der Waals surface area contributed by atoms with Crippen LogP contribution in [-0.4, -0.2) is 61.6 Å². The zero-order valence-corrected chi connectivity index (χ0v) is 14.2. The van der Waals surface area contributed by atoms with E-state index in [4.69, 9.17) is 9.47 Å². The van der Waals surface area contributed by atoms with E-state index in [0.717, 1.165) is 26.2 Å². The molecule has 0 amide bonds. The summed E-state index contributed by atoms with van der Waals surface area (Å²) in [7, 11) is 2.07. The standard InChI is InChI=1S/C18H28N2O3/c1-14-9-23-13-18(12-21,20(14)2)11-19-8-16-5-3-4-15-6-7-22-10-17(15)16/h3-5,14,19,21H,6-13H2,1-2H3/t14-,18+/m1/s1. The minimum Gasteiger partial charge on any atom is -0.394 e. The second-order valence-corrected chi connectivity index (χ2v) is 6.82. The van der Waals surface area contributed by atoms with Gasteiger partial charge in [0.05, 0.1) is 38.6 Å². The van der Waals surface area contributed by atoms with E-state index in [-0.39, 0.29) is 12.1 Å². The van der Waals surface area contributed by atoms with Crippen molar-refractivity contribution in [3.8, 4) is 0 Å². The first kappa shape index (κ1) is 16.9. The maximum atomic E-state index is 9.94. The number of hydrogen-bond donors (Lipinski definition) is 2. The molecule has 23 heavy (non-hydrogen) atoms. The number of nitrogens with zero attached hydrogens (tertiary/aromatic N) is 1. The second-order valence-electron chi connectivity index (χ2n) is 6.82. The van der Waals surface area contributed by atoms with Gasteiger partial charge in [0.25, 0.3) is 0 Å². The molecular weight excluding hydrogens is 292 g/mol. The van der Waals surface area contributed by atoms with Crippen molar-refractivity contribution in [2.45, 2.75) is 38.1 Å². The third-order valence-corrected chi connectivity index (χ3v) is 5.34. The van der Waals surface area contributed by atoms with E-state index >= 15 is 0 Å². The number of fused-ring (bicyclic) bond motifs is 1. The van der Waals surface area contributed by atoms with Gasteiger partial charge in [-0.1, -0.05) is 18.2 Å². The summed E-state index contributed by atoms with van der Waals surface area (Å²) < 4.78 is 11.3. The Hall–Kier alpha value is -0.980. The highest BCUT2D eigenvalue weighted by Crippen LogP contribution is 2.23. The molecule has 5 nitrogen and oxygen atoms in total. The third kappa shape index (κ3) is 3.44. The van der Waals surface area contributed by atoms with Crippen molar-refractivity contribution < 1.29 is 14.6 Å². The molecule has 0 aromatic heterocycles. The monoisotopic (exact) mass is 320 g/mol. The molecule has 1 fully saturated rings. The maximum absolute atomic E-state index is 9.94. The highest BCUT2D eigenvalue weighted by Gasteiger charge is 2.40. The Morgan fingerprint density at radius 1 is 1.39 bits per heavy atom. The van der Waals surface area contributed by atoms with Crippen molar-refractivity contribution in [3.05, 3.63) is 34.9 Å². The lowest BCUT2D eigenvalue weighted by Gasteiger charge is -2.47. The number of likely N-dealkylation sites (N-methyl/N-ethyl adjacent to an activating group) is 1. The lowest BCUT2D eigenvalue weighted by atomic mass is 9.95. The largest absolute Gasteiger partial charge is 0.394 e. The summed E-state index contributed by atoms with van der Waals surface area (Å²) in [6.07, 6.45) is 0.998. The number of benzene rings is 1. The Bertz CT molecular complexity index is 537. The molecule has 3 rings (SSSR count). The average Bonchev–Trinajstić information content (AvgIpc) is 2.59. The van der Waals surface area contributed by atoms with E-state index < -0.39 is 0 Å². The molecule has 0 aliphatic carbocycles. The maximum Gasteiger partial charge on any atom is 0.0802 e. The van der Waals surface area contributed by atoms with Crippen LogP contribution < -0.4 is 5.32 Å². The Morgan fingerprint density at radius 2 is 2.26 bits per heavy atom. The van der Waals surface area contributed by atoms with Crippen LogP contribution in [0.3, 0.4) is 0 Å². The molecule has 1 aromatic carbocycles. The Morgan fingerprint density at radius 3 is 3.09 bits per heavy atom. The molecule has 128 valence electrons. The number of hydrogen-bond acceptors (Lipinski definition) is 5. The first-order chi connectivity index (χ1) is 11.2. The summed E-state index contributed by atoms with van der Waals surface area (Å²) in [6, 6.07) is 6.80. The summed E-state index contributed by atoms with van der Waals surface area (Å²) in [5.74, 6) is 0. The number of morpholine rings is 1. The molecular formula is C18H28N2O3. The fourth-order valence-corrected chi connectivity index (χ4v) is 3.55. The highest BCUT2D eigenvalue weighted by molar-refractivity contribution is 5.36. The number of nitrogens with one attached hydrogen (secondary N) is 1. The molecule has 2 atom stereocenters. The number of aliphatic hydroxyl groups excluding tert-OH is 1. The van der Waals surface area contributed by atoms with Crippen LogP contribution in [0.1, 0.15) is 23.6 Å². The molecule has 0 unspecified atom stereocenters. The van der Waals surface area contributed by atoms with Crippen LogP contribution in [0.2, 0.25) is 0 Å².